The molecular formula is C18H20N4O3. The maximum absolute atomic E-state index is 12.0. The van der Waals surface area contributed by atoms with Gasteiger partial charge in [-0.25, -0.2) is 0 Å². The number of carbonyl (C=O) groups excluding carboxylic acids is 3. The number of hydrogen-bond acceptors (Lipinski definition) is 4. The molecule has 0 aliphatic carbocycles. The van der Waals surface area contributed by atoms with Crippen molar-refractivity contribution in [3.05, 3.63) is 54.1 Å². The minimum absolute atomic E-state index is 0.0337. The molecular weight excluding hydrogens is 320 g/mol. The standard InChI is InChI=1S/C18H20N4O3/c1-2-16(23)21-15-8-4-6-13(10-15)20-11-17(24)22-14-7-3-5-12(9-14)18(19)25/h3-10,20H,2,11H2,1H3,(H2,19,25)(H,21,23)(H,22,24). The topological polar surface area (TPSA) is 113 Å². The lowest BCUT2D eigenvalue weighted by Crippen LogP contribution is -2.22. The molecule has 0 atom stereocenters. The van der Waals surface area contributed by atoms with E-state index in [2.05, 4.69) is 16.0 Å². The molecule has 5 N–H and O–H groups in total. The molecule has 0 heterocycles. The molecule has 0 fully saturated rings. The average Bonchev–Trinajstić information content (AvgIpc) is 2.60. The zero-order valence-corrected chi connectivity index (χ0v) is 13.8. The highest BCUT2D eigenvalue weighted by molar-refractivity contribution is 5.97. The number of amides is 3. The van der Waals surface area contributed by atoms with Gasteiger partial charge < -0.3 is 21.7 Å². The molecule has 0 aliphatic heterocycles. The SMILES string of the molecule is CCC(=O)Nc1cccc(NCC(=O)Nc2cccc(C(N)=O)c2)c1. The van der Waals surface area contributed by atoms with Gasteiger partial charge in [0.05, 0.1) is 6.54 Å². The molecule has 0 aliphatic rings. The molecule has 0 bridgehead atoms. The largest absolute Gasteiger partial charge is 0.376 e. The first-order valence-electron chi connectivity index (χ1n) is 7.81. The Morgan fingerprint density at radius 1 is 0.880 bits per heavy atom. The third-order valence-corrected chi connectivity index (χ3v) is 3.35. The summed E-state index contributed by atoms with van der Waals surface area (Å²) in [7, 11) is 0. The lowest BCUT2D eigenvalue weighted by atomic mass is 10.2. The fourth-order valence-electron chi connectivity index (χ4n) is 2.09. The average molecular weight is 340 g/mol. The number of hydrogen-bond donors (Lipinski definition) is 4. The van der Waals surface area contributed by atoms with Crippen LogP contribution in [0.5, 0.6) is 0 Å². The van der Waals surface area contributed by atoms with Gasteiger partial charge in [0.25, 0.3) is 0 Å². The van der Waals surface area contributed by atoms with Gasteiger partial charge in [-0.15, -0.1) is 0 Å². The molecule has 130 valence electrons. The monoisotopic (exact) mass is 340 g/mol. The lowest BCUT2D eigenvalue weighted by Gasteiger charge is -2.10. The van der Waals surface area contributed by atoms with Crippen LogP contribution in [0.3, 0.4) is 0 Å². The Hall–Kier alpha value is -3.35. The van der Waals surface area contributed by atoms with E-state index in [1.54, 1.807) is 49.4 Å². The van der Waals surface area contributed by atoms with E-state index in [0.717, 1.165) is 0 Å². The van der Waals surface area contributed by atoms with Crippen molar-refractivity contribution >= 4 is 34.8 Å². The van der Waals surface area contributed by atoms with Crippen molar-refractivity contribution in [2.45, 2.75) is 13.3 Å². The quantitative estimate of drug-likeness (QED) is 0.618. The molecule has 2 rings (SSSR count). The summed E-state index contributed by atoms with van der Waals surface area (Å²) in [4.78, 5) is 34.6. The summed E-state index contributed by atoms with van der Waals surface area (Å²) >= 11 is 0. The molecule has 7 heteroatoms. The van der Waals surface area contributed by atoms with Crippen LogP contribution in [0, 0.1) is 0 Å². The molecule has 0 saturated carbocycles. The number of rotatable bonds is 7. The number of nitrogens with one attached hydrogen (secondary N) is 3. The predicted octanol–water partition coefficient (Wildman–Crippen LogP) is 2.18. The first-order valence-corrected chi connectivity index (χ1v) is 7.81. The van der Waals surface area contributed by atoms with Crippen LogP contribution < -0.4 is 21.7 Å². The molecule has 3 amide bonds. The Morgan fingerprint density at radius 2 is 1.48 bits per heavy atom. The third-order valence-electron chi connectivity index (χ3n) is 3.35. The van der Waals surface area contributed by atoms with E-state index < -0.39 is 5.91 Å². The number of benzene rings is 2. The van der Waals surface area contributed by atoms with Crippen LogP contribution in [-0.2, 0) is 9.59 Å². The van der Waals surface area contributed by atoms with Gasteiger partial charge in [0.1, 0.15) is 0 Å². The molecule has 0 saturated heterocycles. The van der Waals surface area contributed by atoms with Crippen LogP contribution in [0.1, 0.15) is 23.7 Å². The molecule has 25 heavy (non-hydrogen) atoms. The Labute approximate surface area is 145 Å². The number of anilines is 3. The summed E-state index contributed by atoms with van der Waals surface area (Å²) in [6.45, 7) is 1.81. The summed E-state index contributed by atoms with van der Waals surface area (Å²) < 4.78 is 0. The lowest BCUT2D eigenvalue weighted by molar-refractivity contribution is -0.116. The van der Waals surface area contributed by atoms with E-state index in [1.807, 2.05) is 0 Å². The molecule has 2 aromatic rings. The van der Waals surface area contributed by atoms with Crippen molar-refractivity contribution in [3.8, 4) is 0 Å². The maximum Gasteiger partial charge on any atom is 0.248 e. The van der Waals surface area contributed by atoms with E-state index in [-0.39, 0.29) is 18.4 Å². The van der Waals surface area contributed by atoms with Gasteiger partial charge in [-0.1, -0.05) is 19.1 Å². The summed E-state index contributed by atoms with van der Waals surface area (Å²) in [6, 6.07) is 13.5. The number of primary amides is 1. The first-order chi connectivity index (χ1) is 12.0. The minimum atomic E-state index is -0.555. The Balaban J connectivity index is 1.91. The highest BCUT2D eigenvalue weighted by atomic mass is 16.2. The van der Waals surface area contributed by atoms with Crippen LogP contribution in [0.15, 0.2) is 48.5 Å². The van der Waals surface area contributed by atoms with Crippen LogP contribution >= 0.6 is 0 Å². The van der Waals surface area contributed by atoms with Crippen LogP contribution in [0.4, 0.5) is 17.1 Å². The van der Waals surface area contributed by atoms with Crippen LogP contribution in [-0.4, -0.2) is 24.3 Å². The molecule has 0 unspecified atom stereocenters. The van der Waals surface area contributed by atoms with Crippen molar-refractivity contribution in [2.24, 2.45) is 5.73 Å². The molecule has 7 nitrogen and oxygen atoms in total. The summed E-state index contributed by atoms with van der Waals surface area (Å²) in [5.74, 6) is -0.908. The molecule has 0 spiro atoms. The van der Waals surface area contributed by atoms with Gasteiger partial charge in [-0.3, -0.25) is 14.4 Å². The van der Waals surface area contributed by atoms with Crippen molar-refractivity contribution in [2.75, 3.05) is 22.5 Å². The van der Waals surface area contributed by atoms with Gasteiger partial charge >= 0.3 is 0 Å². The maximum atomic E-state index is 12.0. The zero-order valence-electron chi connectivity index (χ0n) is 13.8. The summed E-state index contributed by atoms with van der Waals surface area (Å²) in [6.07, 6.45) is 0.393. The van der Waals surface area contributed by atoms with Gasteiger partial charge in [-0.05, 0) is 36.4 Å². The fraction of sp³-hybridized carbons (Fsp3) is 0.167. The van der Waals surface area contributed by atoms with E-state index in [1.165, 1.54) is 6.07 Å². The molecule has 0 aromatic heterocycles. The third kappa shape index (κ3) is 5.65. The van der Waals surface area contributed by atoms with Gasteiger partial charge in [-0.2, -0.15) is 0 Å². The van der Waals surface area contributed by atoms with E-state index in [0.29, 0.717) is 29.0 Å². The Bertz CT molecular complexity index is 789. The zero-order chi connectivity index (χ0) is 18.2. The predicted molar refractivity (Wildman–Crippen MR) is 97.4 cm³/mol. The number of carbonyl (C=O) groups is 3. The van der Waals surface area contributed by atoms with E-state index >= 15 is 0 Å². The summed E-state index contributed by atoms with van der Waals surface area (Å²) in [5.41, 5.74) is 7.39. The van der Waals surface area contributed by atoms with E-state index in [9.17, 15) is 14.4 Å². The second-order valence-electron chi connectivity index (χ2n) is 5.33. The van der Waals surface area contributed by atoms with Crippen molar-refractivity contribution in [1.82, 2.24) is 0 Å². The number of nitrogens with two attached hydrogens (primary N) is 1. The fourth-order valence-corrected chi connectivity index (χ4v) is 2.09. The van der Waals surface area contributed by atoms with E-state index in [4.69, 9.17) is 5.73 Å². The molecule has 2 aromatic carbocycles. The smallest absolute Gasteiger partial charge is 0.248 e. The van der Waals surface area contributed by atoms with Crippen molar-refractivity contribution in [1.29, 1.82) is 0 Å². The normalized spacial score (nSPS) is 9.96. The summed E-state index contributed by atoms with van der Waals surface area (Å²) in [5, 5.41) is 8.42. The van der Waals surface area contributed by atoms with Crippen LogP contribution in [0.2, 0.25) is 0 Å². The van der Waals surface area contributed by atoms with Gasteiger partial charge in [0, 0.05) is 29.0 Å². The van der Waals surface area contributed by atoms with Gasteiger partial charge in [0.15, 0.2) is 0 Å². The van der Waals surface area contributed by atoms with Crippen molar-refractivity contribution < 1.29 is 14.4 Å². The highest BCUT2D eigenvalue weighted by Gasteiger charge is 2.06. The Kier molecular flexibility index (Phi) is 6.11. The van der Waals surface area contributed by atoms with Crippen molar-refractivity contribution in [3.63, 3.8) is 0 Å². The van der Waals surface area contributed by atoms with Gasteiger partial charge in [0.2, 0.25) is 17.7 Å². The first kappa shape index (κ1) is 18.0. The highest BCUT2D eigenvalue weighted by Crippen LogP contribution is 2.15. The minimum Gasteiger partial charge on any atom is -0.376 e. The second-order valence-corrected chi connectivity index (χ2v) is 5.33. The Morgan fingerprint density at radius 3 is 2.16 bits per heavy atom. The molecule has 0 radical (unpaired) electrons. The second kappa shape index (κ2) is 8.49. The van der Waals surface area contributed by atoms with Crippen LogP contribution in [0.25, 0.3) is 0 Å².